The number of hydrogen-bond acceptors (Lipinski definition) is 3. The average molecular weight is 262 g/mol. The molecule has 0 bridgehead atoms. The normalized spacial score (nSPS) is 24.0. The highest BCUT2D eigenvalue weighted by molar-refractivity contribution is 5.04. The van der Waals surface area contributed by atoms with E-state index in [-0.39, 0.29) is 0 Å². The summed E-state index contributed by atoms with van der Waals surface area (Å²) in [6.45, 7) is 3.64. The Labute approximate surface area is 116 Å². The van der Waals surface area contributed by atoms with E-state index in [4.69, 9.17) is 0 Å². The lowest BCUT2D eigenvalue weighted by Gasteiger charge is -2.30. The van der Waals surface area contributed by atoms with E-state index in [0.29, 0.717) is 0 Å². The fourth-order valence-electron chi connectivity index (χ4n) is 3.10. The Hall–Kier alpha value is -0.870. The van der Waals surface area contributed by atoms with Gasteiger partial charge in [0.1, 0.15) is 0 Å². The van der Waals surface area contributed by atoms with Crippen LogP contribution in [0.25, 0.3) is 0 Å². The average Bonchev–Trinajstić information content (AvgIpc) is 3.19. The molecule has 1 aromatic rings. The fourth-order valence-corrected chi connectivity index (χ4v) is 3.10. The Balaban J connectivity index is 1.49. The molecular formula is C15H26N4. The van der Waals surface area contributed by atoms with Gasteiger partial charge in [0, 0.05) is 38.4 Å². The molecule has 1 aliphatic carbocycles. The SMILES string of the molecule is Cn1cc(CCN(CC2CCCCN2)C2CC2)cn1. The molecule has 0 amide bonds. The predicted molar refractivity (Wildman–Crippen MR) is 77.1 cm³/mol. The van der Waals surface area contributed by atoms with Gasteiger partial charge in [0.25, 0.3) is 0 Å². The molecule has 1 aromatic heterocycles. The Morgan fingerprint density at radius 2 is 2.26 bits per heavy atom. The van der Waals surface area contributed by atoms with Crippen LogP contribution in [0.15, 0.2) is 12.4 Å². The van der Waals surface area contributed by atoms with Gasteiger partial charge in [-0.05, 0) is 44.2 Å². The maximum Gasteiger partial charge on any atom is 0.0522 e. The van der Waals surface area contributed by atoms with Crippen LogP contribution in [0.4, 0.5) is 0 Å². The van der Waals surface area contributed by atoms with Gasteiger partial charge in [-0.25, -0.2) is 0 Å². The summed E-state index contributed by atoms with van der Waals surface area (Å²) in [5, 5.41) is 7.93. The Morgan fingerprint density at radius 1 is 1.37 bits per heavy atom. The summed E-state index contributed by atoms with van der Waals surface area (Å²) in [5.74, 6) is 0. The van der Waals surface area contributed by atoms with Gasteiger partial charge in [-0.1, -0.05) is 6.42 Å². The van der Waals surface area contributed by atoms with Crippen LogP contribution in [0.3, 0.4) is 0 Å². The molecule has 106 valence electrons. The number of nitrogens with one attached hydrogen (secondary N) is 1. The van der Waals surface area contributed by atoms with Crippen LogP contribution in [0.1, 0.15) is 37.7 Å². The van der Waals surface area contributed by atoms with Crippen molar-refractivity contribution in [2.24, 2.45) is 7.05 Å². The molecule has 1 aliphatic heterocycles. The summed E-state index contributed by atoms with van der Waals surface area (Å²) < 4.78 is 1.90. The quantitative estimate of drug-likeness (QED) is 0.845. The third kappa shape index (κ3) is 3.80. The van der Waals surface area contributed by atoms with Gasteiger partial charge in [-0.2, -0.15) is 5.10 Å². The zero-order valence-electron chi connectivity index (χ0n) is 12.0. The second kappa shape index (κ2) is 6.06. The van der Waals surface area contributed by atoms with Gasteiger partial charge in [-0.3, -0.25) is 9.58 Å². The molecule has 1 atom stereocenters. The zero-order chi connectivity index (χ0) is 13.1. The summed E-state index contributed by atoms with van der Waals surface area (Å²) in [5.41, 5.74) is 1.37. The van der Waals surface area contributed by atoms with Crippen LogP contribution < -0.4 is 5.32 Å². The molecule has 0 radical (unpaired) electrons. The Bertz CT molecular complexity index is 391. The highest BCUT2D eigenvalue weighted by Gasteiger charge is 2.30. The molecule has 0 aromatic carbocycles. The minimum atomic E-state index is 0.725. The lowest BCUT2D eigenvalue weighted by Crippen LogP contribution is -2.45. The summed E-state index contributed by atoms with van der Waals surface area (Å²) in [7, 11) is 1.99. The molecule has 19 heavy (non-hydrogen) atoms. The molecule has 4 nitrogen and oxygen atoms in total. The van der Waals surface area contributed by atoms with E-state index in [0.717, 1.165) is 18.5 Å². The summed E-state index contributed by atoms with van der Waals surface area (Å²) in [6, 6.07) is 1.59. The molecule has 4 heteroatoms. The van der Waals surface area contributed by atoms with Crippen LogP contribution in [0.2, 0.25) is 0 Å². The summed E-state index contributed by atoms with van der Waals surface area (Å²) >= 11 is 0. The van der Waals surface area contributed by atoms with Crippen molar-refractivity contribution in [2.75, 3.05) is 19.6 Å². The molecule has 2 heterocycles. The Kier molecular flexibility index (Phi) is 4.18. The van der Waals surface area contributed by atoms with Crippen LogP contribution in [-0.4, -0.2) is 46.4 Å². The topological polar surface area (TPSA) is 33.1 Å². The fraction of sp³-hybridized carbons (Fsp3) is 0.800. The maximum atomic E-state index is 4.26. The van der Waals surface area contributed by atoms with Gasteiger partial charge in [0.2, 0.25) is 0 Å². The van der Waals surface area contributed by atoms with Gasteiger partial charge in [-0.15, -0.1) is 0 Å². The lowest BCUT2D eigenvalue weighted by atomic mass is 10.0. The van der Waals surface area contributed by atoms with Crippen LogP contribution >= 0.6 is 0 Å². The van der Waals surface area contributed by atoms with Crippen molar-refractivity contribution in [1.29, 1.82) is 0 Å². The van der Waals surface area contributed by atoms with E-state index in [2.05, 4.69) is 21.5 Å². The predicted octanol–water partition coefficient (Wildman–Crippen LogP) is 1.57. The van der Waals surface area contributed by atoms with Crippen molar-refractivity contribution in [3.8, 4) is 0 Å². The van der Waals surface area contributed by atoms with Gasteiger partial charge < -0.3 is 5.32 Å². The van der Waals surface area contributed by atoms with Crippen LogP contribution in [-0.2, 0) is 13.5 Å². The minimum absolute atomic E-state index is 0.725. The van der Waals surface area contributed by atoms with Gasteiger partial charge in [0.05, 0.1) is 6.20 Å². The number of aryl methyl sites for hydroxylation is 1. The molecule has 1 saturated carbocycles. The van der Waals surface area contributed by atoms with Crippen LogP contribution in [0.5, 0.6) is 0 Å². The van der Waals surface area contributed by atoms with Crippen molar-refractivity contribution in [3.63, 3.8) is 0 Å². The third-order valence-electron chi connectivity index (χ3n) is 4.38. The number of piperidine rings is 1. The first-order valence-electron chi connectivity index (χ1n) is 7.76. The summed E-state index contributed by atoms with van der Waals surface area (Å²) in [6.07, 6.45) is 12.2. The maximum absolute atomic E-state index is 4.26. The number of hydrogen-bond donors (Lipinski definition) is 1. The Morgan fingerprint density at radius 3 is 2.89 bits per heavy atom. The van der Waals surface area contributed by atoms with Crippen molar-refractivity contribution < 1.29 is 0 Å². The summed E-state index contributed by atoms with van der Waals surface area (Å²) in [4.78, 5) is 2.70. The second-order valence-corrected chi connectivity index (χ2v) is 6.15. The van der Waals surface area contributed by atoms with E-state index < -0.39 is 0 Å². The highest BCUT2D eigenvalue weighted by atomic mass is 15.2. The minimum Gasteiger partial charge on any atom is -0.313 e. The van der Waals surface area contributed by atoms with E-state index in [1.54, 1.807) is 0 Å². The molecule has 2 fully saturated rings. The first-order valence-corrected chi connectivity index (χ1v) is 7.76. The largest absolute Gasteiger partial charge is 0.313 e. The van der Waals surface area contributed by atoms with Gasteiger partial charge >= 0.3 is 0 Å². The number of nitrogens with zero attached hydrogens (tertiary/aromatic N) is 3. The van der Waals surface area contributed by atoms with E-state index >= 15 is 0 Å². The van der Waals surface area contributed by atoms with Crippen molar-refractivity contribution >= 4 is 0 Å². The molecule has 3 rings (SSSR count). The second-order valence-electron chi connectivity index (χ2n) is 6.15. The number of rotatable bonds is 6. The molecule has 1 N–H and O–H groups in total. The monoisotopic (exact) mass is 262 g/mol. The smallest absolute Gasteiger partial charge is 0.0522 e. The molecular weight excluding hydrogens is 236 g/mol. The third-order valence-corrected chi connectivity index (χ3v) is 4.38. The standard InChI is InChI=1S/C15H26N4/c1-18-11-13(10-17-18)7-9-19(15-5-6-15)12-14-4-2-3-8-16-14/h10-11,14-16H,2-9,12H2,1H3. The molecule has 1 saturated heterocycles. The van der Waals surface area contributed by atoms with Gasteiger partial charge in [0.15, 0.2) is 0 Å². The number of aromatic nitrogens is 2. The molecule has 2 aliphatic rings. The molecule has 0 spiro atoms. The van der Waals surface area contributed by atoms with E-state index in [1.807, 2.05) is 17.9 Å². The van der Waals surface area contributed by atoms with Crippen molar-refractivity contribution in [1.82, 2.24) is 20.0 Å². The highest BCUT2D eigenvalue weighted by Crippen LogP contribution is 2.27. The lowest BCUT2D eigenvalue weighted by molar-refractivity contribution is 0.218. The van der Waals surface area contributed by atoms with Crippen LogP contribution in [0, 0.1) is 0 Å². The van der Waals surface area contributed by atoms with Crippen molar-refractivity contribution in [3.05, 3.63) is 18.0 Å². The van der Waals surface area contributed by atoms with Crippen molar-refractivity contribution in [2.45, 2.75) is 50.6 Å². The first-order chi connectivity index (χ1) is 9.31. The first kappa shape index (κ1) is 13.1. The zero-order valence-corrected chi connectivity index (χ0v) is 12.0. The molecule has 1 unspecified atom stereocenters. The van der Waals surface area contributed by atoms with E-state index in [1.165, 1.54) is 57.3 Å². The van der Waals surface area contributed by atoms with E-state index in [9.17, 15) is 0 Å².